The highest BCUT2D eigenvalue weighted by Gasteiger charge is 2.22. The Morgan fingerprint density at radius 2 is 1.95 bits per heavy atom. The first-order chi connectivity index (χ1) is 9.85. The zero-order valence-corrected chi connectivity index (χ0v) is 14.8. The van der Waals surface area contributed by atoms with Crippen LogP contribution in [-0.2, 0) is 16.6 Å². The second-order valence-corrected chi connectivity index (χ2v) is 7.54. The van der Waals surface area contributed by atoms with Crippen LogP contribution in [0.3, 0.4) is 0 Å². The molecule has 5 nitrogen and oxygen atoms in total. The lowest BCUT2D eigenvalue weighted by molar-refractivity contribution is 0.460. The summed E-state index contributed by atoms with van der Waals surface area (Å²) in [5, 5.41) is -0.129. The Kier molecular flexibility index (Phi) is 7.16. The standard InChI is InChI=1S/C14H26ClN3O2S/c1-5-8-18-10-14(17-11(18)4)21(19,20)16-9-13(15)12(6-2)7-3/h10,12-13,16H,5-9H2,1-4H3. The summed E-state index contributed by atoms with van der Waals surface area (Å²) in [7, 11) is -3.59. The first-order valence-corrected chi connectivity index (χ1v) is 9.45. The van der Waals surface area contributed by atoms with Crippen LogP contribution in [-0.4, -0.2) is 29.9 Å². The van der Waals surface area contributed by atoms with Gasteiger partial charge in [-0.05, 0) is 19.3 Å². The van der Waals surface area contributed by atoms with Crippen molar-refractivity contribution < 1.29 is 8.42 Å². The summed E-state index contributed by atoms with van der Waals surface area (Å²) in [4.78, 5) is 4.13. The summed E-state index contributed by atoms with van der Waals surface area (Å²) in [6.45, 7) is 8.97. The van der Waals surface area contributed by atoms with Gasteiger partial charge >= 0.3 is 0 Å². The second-order valence-electron chi connectivity index (χ2n) is 5.26. The Hall–Kier alpha value is -0.590. The molecular weight excluding hydrogens is 310 g/mol. The lowest BCUT2D eigenvalue weighted by Gasteiger charge is -2.19. The summed E-state index contributed by atoms with van der Waals surface area (Å²) >= 11 is 6.27. The minimum absolute atomic E-state index is 0.0712. The van der Waals surface area contributed by atoms with Gasteiger partial charge in [0.15, 0.2) is 5.03 Å². The van der Waals surface area contributed by atoms with Gasteiger partial charge in [0.1, 0.15) is 5.82 Å². The number of sulfonamides is 1. The summed E-state index contributed by atoms with van der Waals surface area (Å²) in [6.07, 6.45) is 4.40. The molecule has 0 amide bonds. The fourth-order valence-corrected chi connectivity index (χ4v) is 3.90. The molecule has 1 aromatic heterocycles. The highest BCUT2D eigenvalue weighted by atomic mass is 35.5. The van der Waals surface area contributed by atoms with Gasteiger partial charge in [-0.1, -0.05) is 33.6 Å². The van der Waals surface area contributed by atoms with E-state index in [2.05, 4.69) is 23.6 Å². The molecule has 0 radical (unpaired) electrons. The van der Waals surface area contributed by atoms with E-state index in [1.165, 1.54) is 0 Å². The van der Waals surface area contributed by atoms with Crippen molar-refractivity contribution >= 4 is 21.6 Å². The molecule has 21 heavy (non-hydrogen) atoms. The van der Waals surface area contributed by atoms with E-state index in [9.17, 15) is 8.42 Å². The van der Waals surface area contributed by atoms with Gasteiger partial charge < -0.3 is 4.57 Å². The normalized spacial score (nSPS) is 13.8. The Morgan fingerprint density at radius 3 is 2.48 bits per heavy atom. The predicted octanol–water partition coefficient (Wildman–Crippen LogP) is 2.92. The Labute approximate surface area is 133 Å². The molecule has 1 rings (SSSR count). The number of hydrogen-bond acceptors (Lipinski definition) is 3. The van der Waals surface area contributed by atoms with Gasteiger partial charge in [-0.3, -0.25) is 0 Å². The van der Waals surface area contributed by atoms with Crippen LogP contribution in [0, 0.1) is 12.8 Å². The van der Waals surface area contributed by atoms with Gasteiger partial charge in [0.2, 0.25) is 0 Å². The van der Waals surface area contributed by atoms with E-state index in [-0.39, 0.29) is 16.9 Å². The molecule has 0 bridgehead atoms. The maximum atomic E-state index is 12.3. The first kappa shape index (κ1) is 18.5. The van der Waals surface area contributed by atoms with Crippen LogP contribution < -0.4 is 4.72 Å². The van der Waals surface area contributed by atoms with E-state index >= 15 is 0 Å². The van der Waals surface area contributed by atoms with E-state index in [1.807, 2.05) is 18.4 Å². The van der Waals surface area contributed by atoms with E-state index in [0.29, 0.717) is 11.7 Å². The van der Waals surface area contributed by atoms with Crippen molar-refractivity contribution in [3.05, 3.63) is 12.0 Å². The van der Waals surface area contributed by atoms with Crippen LogP contribution >= 0.6 is 11.6 Å². The van der Waals surface area contributed by atoms with Gasteiger partial charge in [0.05, 0.1) is 0 Å². The summed E-state index contributed by atoms with van der Waals surface area (Å²) in [6, 6.07) is 0. The summed E-state index contributed by atoms with van der Waals surface area (Å²) < 4.78 is 28.9. The molecular formula is C14H26ClN3O2S. The molecule has 0 aliphatic rings. The van der Waals surface area contributed by atoms with E-state index < -0.39 is 10.0 Å². The molecule has 7 heteroatoms. The van der Waals surface area contributed by atoms with Crippen LogP contribution in [0.1, 0.15) is 45.9 Å². The topological polar surface area (TPSA) is 64.0 Å². The maximum absolute atomic E-state index is 12.3. The number of nitrogens with one attached hydrogen (secondary N) is 1. The van der Waals surface area contributed by atoms with Crippen LogP contribution in [0.25, 0.3) is 0 Å². The number of aryl methyl sites for hydroxylation is 2. The van der Waals surface area contributed by atoms with Crippen molar-refractivity contribution in [1.82, 2.24) is 14.3 Å². The van der Waals surface area contributed by atoms with Crippen molar-refractivity contribution in [3.63, 3.8) is 0 Å². The van der Waals surface area contributed by atoms with Crippen molar-refractivity contribution in [3.8, 4) is 0 Å². The van der Waals surface area contributed by atoms with Gasteiger partial charge in [0, 0.05) is 24.7 Å². The second kappa shape index (κ2) is 8.15. The summed E-state index contributed by atoms with van der Waals surface area (Å²) in [5.74, 6) is 1.02. The van der Waals surface area contributed by atoms with E-state index in [1.54, 1.807) is 6.20 Å². The molecule has 1 heterocycles. The number of hydrogen-bond donors (Lipinski definition) is 1. The van der Waals surface area contributed by atoms with Crippen molar-refractivity contribution in [2.24, 2.45) is 5.92 Å². The lowest BCUT2D eigenvalue weighted by atomic mass is 9.99. The average molecular weight is 336 g/mol. The molecule has 1 unspecified atom stereocenters. The fraction of sp³-hybridized carbons (Fsp3) is 0.786. The van der Waals surface area contributed by atoms with Crippen molar-refractivity contribution in [1.29, 1.82) is 0 Å². The van der Waals surface area contributed by atoms with Gasteiger partial charge in [-0.2, -0.15) is 0 Å². The minimum atomic E-state index is -3.59. The smallest absolute Gasteiger partial charge is 0.259 e. The molecule has 1 N–H and O–H groups in total. The Balaban J connectivity index is 2.75. The maximum Gasteiger partial charge on any atom is 0.259 e. The molecule has 0 saturated carbocycles. The number of alkyl halides is 1. The third-order valence-corrected chi connectivity index (χ3v) is 5.53. The third kappa shape index (κ3) is 4.97. The fourth-order valence-electron chi connectivity index (χ4n) is 2.31. The minimum Gasteiger partial charge on any atom is -0.334 e. The molecule has 1 atom stereocenters. The molecule has 0 saturated heterocycles. The van der Waals surface area contributed by atoms with Crippen LogP contribution in [0.5, 0.6) is 0 Å². The van der Waals surface area contributed by atoms with Gasteiger partial charge in [0.25, 0.3) is 10.0 Å². The molecule has 0 fully saturated rings. The lowest BCUT2D eigenvalue weighted by Crippen LogP contribution is -2.33. The molecule has 0 aromatic carbocycles. The van der Waals surface area contributed by atoms with Crippen molar-refractivity contribution in [2.45, 2.75) is 63.9 Å². The van der Waals surface area contributed by atoms with E-state index in [0.717, 1.165) is 25.8 Å². The molecule has 0 spiro atoms. The SMILES string of the molecule is CCCn1cc(S(=O)(=O)NCC(Cl)C(CC)CC)nc1C. The Bertz CT molecular complexity index is 538. The molecule has 1 aromatic rings. The van der Waals surface area contributed by atoms with E-state index in [4.69, 9.17) is 11.6 Å². The molecule has 0 aliphatic heterocycles. The van der Waals surface area contributed by atoms with Gasteiger partial charge in [-0.15, -0.1) is 11.6 Å². The number of imidazole rings is 1. The largest absolute Gasteiger partial charge is 0.334 e. The summed E-state index contributed by atoms with van der Waals surface area (Å²) in [5.41, 5.74) is 0. The number of nitrogens with zero attached hydrogens (tertiary/aromatic N) is 2. The molecule has 122 valence electrons. The first-order valence-electron chi connectivity index (χ1n) is 7.53. The zero-order chi connectivity index (χ0) is 16.0. The van der Waals surface area contributed by atoms with Crippen LogP contribution in [0.15, 0.2) is 11.2 Å². The highest BCUT2D eigenvalue weighted by molar-refractivity contribution is 7.89. The third-order valence-electron chi connectivity index (χ3n) is 3.72. The van der Waals surface area contributed by atoms with Crippen LogP contribution in [0.2, 0.25) is 0 Å². The monoisotopic (exact) mass is 335 g/mol. The highest BCUT2D eigenvalue weighted by Crippen LogP contribution is 2.18. The Morgan fingerprint density at radius 1 is 1.33 bits per heavy atom. The zero-order valence-electron chi connectivity index (χ0n) is 13.3. The van der Waals surface area contributed by atoms with Crippen molar-refractivity contribution in [2.75, 3.05) is 6.54 Å². The molecule has 0 aliphatic carbocycles. The predicted molar refractivity (Wildman–Crippen MR) is 86.2 cm³/mol. The van der Waals surface area contributed by atoms with Crippen LogP contribution in [0.4, 0.5) is 0 Å². The van der Waals surface area contributed by atoms with Gasteiger partial charge in [-0.25, -0.2) is 18.1 Å². The number of aromatic nitrogens is 2. The number of rotatable bonds is 9. The quantitative estimate of drug-likeness (QED) is 0.706. The average Bonchev–Trinajstić information content (AvgIpc) is 2.81. The number of halogens is 1.